The number of carbonyl (C=O) groups is 1. The van der Waals surface area contributed by atoms with Gasteiger partial charge in [0.25, 0.3) is 0 Å². The summed E-state index contributed by atoms with van der Waals surface area (Å²) < 4.78 is 4.55. The Balaban J connectivity index is 2.20. The molecule has 0 unspecified atom stereocenters. The van der Waals surface area contributed by atoms with Crippen molar-refractivity contribution in [2.45, 2.75) is 5.16 Å². The van der Waals surface area contributed by atoms with E-state index in [-0.39, 0.29) is 5.97 Å². The molecule has 0 aliphatic heterocycles. The van der Waals surface area contributed by atoms with Crippen LogP contribution in [0.5, 0.6) is 0 Å². The highest BCUT2D eigenvalue weighted by molar-refractivity contribution is 7.98. The summed E-state index contributed by atoms with van der Waals surface area (Å²) >= 11 is 3.07. The van der Waals surface area contributed by atoms with Crippen LogP contribution < -0.4 is 0 Å². The second kappa shape index (κ2) is 6.49. The molecule has 2 aromatic rings. The number of hydrogen-bond acceptors (Lipinski definition) is 6. The summed E-state index contributed by atoms with van der Waals surface area (Å²) in [6.07, 6.45) is 6.83. The molecule has 0 bridgehead atoms. The molecule has 0 aromatic carbocycles. The van der Waals surface area contributed by atoms with Gasteiger partial charge in [0.15, 0.2) is 5.16 Å². The van der Waals surface area contributed by atoms with E-state index in [1.165, 1.54) is 24.9 Å². The Morgan fingerprint density at radius 1 is 1.42 bits per heavy atom. The number of nitrogens with zero attached hydrogens (tertiary/aromatic N) is 2. The van der Waals surface area contributed by atoms with Crippen molar-refractivity contribution in [1.82, 2.24) is 9.97 Å². The standard InChI is InChI=1S/C13H12N2O2S2/c1-17-12(16)6-4-9-3-5-11(19-9)10-7-8-14-13(15-10)18-2/h3-8H,1-2H3. The molecule has 0 saturated carbocycles. The molecular weight excluding hydrogens is 280 g/mol. The van der Waals surface area contributed by atoms with Gasteiger partial charge in [0.1, 0.15) is 0 Å². The first-order valence-electron chi connectivity index (χ1n) is 5.46. The molecule has 2 rings (SSSR count). The molecular formula is C13H12N2O2S2. The van der Waals surface area contributed by atoms with Gasteiger partial charge in [0, 0.05) is 17.2 Å². The van der Waals surface area contributed by atoms with Crippen molar-refractivity contribution in [2.24, 2.45) is 0 Å². The van der Waals surface area contributed by atoms with Crippen molar-refractivity contribution in [1.29, 1.82) is 0 Å². The third-order valence-corrected chi connectivity index (χ3v) is 3.91. The number of carbonyl (C=O) groups excluding carboxylic acids is 1. The molecule has 0 spiro atoms. The Hall–Kier alpha value is -1.66. The third kappa shape index (κ3) is 3.65. The maximum Gasteiger partial charge on any atom is 0.330 e. The minimum absolute atomic E-state index is 0.360. The van der Waals surface area contributed by atoms with Gasteiger partial charge in [0.2, 0.25) is 0 Å². The van der Waals surface area contributed by atoms with E-state index in [1.54, 1.807) is 23.6 Å². The average molecular weight is 292 g/mol. The Labute approximate surface area is 119 Å². The van der Waals surface area contributed by atoms with Crippen molar-refractivity contribution in [3.63, 3.8) is 0 Å². The fraction of sp³-hybridized carbons (Fsp3) is 0.154. The molecule has 2 aromatic heterocycles. The van der Waals surface area contributed by atoms with E-state index < -0.39 is 0 Å². The lowest BCUT2D eigenvalue weighted by atomic mass is 10.3. The van der Waals surface area contributed by atoms with Crippen molar-refractivity contribution in [3.8, 4) is 10.6 Å². The van der Waals surface area contributed by atoms with Gasteiger partial charge in [-0.2, -0.15) is 0 Å². The highest BCUT2D eigenvalue weighted by Gasteiger charge is 2.04. The van der Waals surface area contributed by atoms with E-state index in [1.807, 2.05) is 24.5 Å². The predicted molar refractivity (Wildman–Crippen MR) is 78.2 cm³/mol. The SMILES string of the molecule is COC(=O)C=Cc1ccc(-c2ccnc(SC)n2)s1. The number of ether oxygens (including phenoxy) is 1. The smallest absolute Gasteiger partial charge is 0.330 e. The summed E-state index contributed by atoms with van der Waals surface area (Å²) in [4.78, 5) is 21.6. The first-order chi connectivity index (χ1) is 9.22. The number of esters is 1. The number of methoxy groups -OCH3 is 1. The number of hydrogen-bond donors (Lipinski definition) is 0. The number of rotatable bonds is 4. The van der Waals surface area contributed by atoms with Gasteiger partial charge in [-0.05, 0) is 30.5 Å². The molecule has 0 aliphatic carbocycles. The number of aromatic nitrogens is 2. The number of thioether (sulfide) groups is 1. The van der Waals surface area contributed by atoms with Crippen LogP contribution in [0.4, 0.5) is 0 Å². The zero-order valence-corrected chi connectivity index (χ0v) is 12.1. The van der Waals surface area contributed by atoms with Crippen LogP contribution in [0.2, 0.25) is 0 Å². The summed E-state index contributed by atoms with van der Waals surface area (Å²) in [6, 6.07) is 5.80. The molecule has 0 atom stereocenters. The van der Waals surface area contributed by atoms with Gasteiger partial charge in [-0.25, -0.2) is 14.8 Å². The monoisotopic (exact) mass is 292 g/mol. The first kappa shape index (κ1) is 13.8. The van der Waals surface area contributed by atoms with E-state index in [0.29, 0.717) is 0 Å². The third-order valence-electron chi connectivity index (χ3n) is 2.28. The van der Waals surface area contributed by atoms with E-state index in [2.05, 4.69) is 14.7 Å². The Morgan fingerprint density at radius 2 is 2.26 bits per heavy atom. The molecule has 4 nitrogen and oxygen atoms in total. The molecule has 2 heterocycles. The Kier molecular flexibility index (Phi) is 4.70. The van der Waals surface area contributed by atoms with Gasteiger partial charge in [0.05, 0.1) is 17.7 Å². The van der Waals surface area contributed by atoms with E-state index >= 15 is 0 Å². The zero-order valence-electron chi connectivity index (χ0n) is 10.5. The second-order valence-electron chi connectivity index (χ2n) is 3.49. The molecule has 6 heteroatoms. The highest BCUT2D eigenvalue weighted by Crippen LogP contribution is 2.28. The fourth-order valence-electron chi connectivity index (χ4n) is 1.37. The van der Waals surface area contributed by atoms with Gasteiger partial charge in [-0.1, -0.05) is 11.8 Å². The lowest BCUT2D eigenvalue weighted by Crippen LogP contribution is -1.92. The normalized spacial score (nSPS) is 10.8. The second-order valence-corrected chi connectivity index (χ2v) is 5.38. The lowest BCUT2D eigenvalue weighted by molar-refractivity contribution is -0.134. The Morgan fingerprint density at radius 3 is 3.00 bits per heavy atom. The molecule has 19 heavy (non-hydrogen) atoms. The summed E-state index contributed by atoms with van der Waals surface area (Å²) in [7, 11) is 1.36. The quantitative estimate of drug-likeness (QED) is 0.375. The molecule has 98 valence electrons. The van der Waals surface area contributed by atoms with Crippen molar-refractivity contribution < 1.29 is 9.53 Å². The van der Waals surface area contributed by atoms with Gasteiger partial charge < -0.3 is 4.74 Å². The first-order valence-corrected chi connectivity index (χ1v) is 7.50. The fourth-order valence-corrected chi connectivity index (χ4v) is 2.61. The van der Waals surface area contributed by atoms with Crippen LogP contribution in [0.3, 0.4) is 0 Å². The maximum atomic E-state index is 11.0. The summed E-state index contributed by atoms with van der Waals surface area (Å²) in [5, 5.41) is 0.748. The molecule has 0 N–H and O–H groups in total. The van der Waals surface area contributed by atoms with Gasteiger partial charge >= 0.3 is 5.97 Å². The molecule has 0 amide bonds. The Bertz CT molecular complexity index is 608. The van der Waals surface area contributed by atoms with Crippen molar-refractivity contribution >= 4 is 35.1 Å². The molecule has 0 radical (unpaired) electrons. The maximum absolute atomic E-state index is 11.0. The average Bonchev–Trinajstić information content (AvgIpc) is 2.93. The van der Waals surface area contributed by atoms with E-state index in [9.17, 15) is 4.79 Å². The van der Waals surface area contributed by atoms with Gasteiger partial charge in [-0.3, -0.25) is 0 Å². The molecule has 0 fully saturated rings. The van der Waals surface area contributed by atoms with Crippen LogP contribution in [0.15, 0.2) is 35.6 Å². The van der Waals surface area contributed by atoms with Crippen LogP contribution in [-0.4, -0.2) is 29.3 Å². The van der Waals surface area contributed by atoms with E-state index in [0.717, 1.165) is 20.6 Å². The largest absolute Gasteiger partial charge is 0.466 e. The topological polar surface area (TPSA) is 52.1 Å². The predicted octanol–water partition coefficient (Wildman–Crippen LogP) is 3.11. The molecule has 0 aliphatic rings. The van der Waals surface area contributed by atoms with Gasteiger partial charge in [-0.15, -0.1) is 11.3 Å². The summed E-state index contributed by atoms with van der Waals surface area (Å²) in [5.41, 5.74) is 0.891. The zero-order chi connectivity index (χ0) is 13.7. The van der Waals surface area contributed by atoms with E-state index in [4.69, 9.17) is 0 Å². The minimum Gasteiger partial charge on any atom is -0.466 e. The van der Waals surface area contributed by atoms with Crippen LogP contribution in [-0.2, 0) is 9.53 Å². The van der Waals surface area contributed by atoms with Crippen molar-refractivity contribution in [3.05, 3.63) is 35.3 Å². The highest BCUT2D eigenvalue weighted by atomic mass is 32.2. The van der Waals surface area contributed by atoms with Crippen LogP contribution in [0, 0.1) is 0 Å². The van der Waals surface area contributed by atoms with Crippen LogP contribution >= 0.6 is 23.1 Å². The summed E-state index contributed by atoms with van der Waals surface area (Å²) in [6.45, 7) is 0. The lowest BCUT2D eigenvalue weighted by Gasteiger charge is -1.98. The van der Waals surface area contributed by atoms with Crippen LogP contribution in [0.25, 0.3) is 16.6 Å². The minimum atomic E-state index is -0.360. The number of thiophene rings is 1. The van der Waals surface area contributed by atoms with Crippen LogP contribution in [0.1, 0.15) is 4.88 Å². The molecule has 0 saturated heterocycles. The summed E-state index contributed by atoms with van der Waals surface area (Å²) in [5.74, 6) is -0.360. The van der Waals surface area contributed by atoms with Crippen molar-refractivity contribution in [2.75, 3.05) is 13.4 Å².